The van der Waals surface area contributed by atoms with Crippen molar-refractivity contribution >= 4 is 11.6 Å². The number of nitrogens with one attached hydrogen (secondary N) is 1. The molecule has 1 aromatic rings. The van der Waals surface area contributed by atoms with Gasteiger partial charge in [0.25, 0.3) is 0 Å². The second-order valence-electron chi connectivity index (χ2n) is 7.27. The number of hydrogen-bond acceptors (Lipinski definition) is 1. The van der Waals surface area contributed by atoms with E-state index in [0.717, 1.165) is 23.4 Å². The van der Waals surface area contributed by atoms with Crippen LogP contribution in [0.5, 0.6) is 0 Å². The van der Waals surface area contributed by atoms with E-state index >= 15 is 0 Å². The van der Waals surface area contributed by atoms with Crippen LogP contribution in [0.25, 0.3) is 0 Å². The first-order valence-corrected chi connectivity index (χ1v) is 8.43. The van der Waals surface area contributed by atoms with E-state index in [1.54, 1.807) is 0 Å². The van der Waals surface area contributed by atoms with Gasteiger partial charge in [-0.15, -0.1) is 0 Å². The average molecular weight is 292 g/mol. The molecule has 1 saturated carbocycles. The third kappa shape index (κ3) is 2.76. The van der Waals surface area contributed by atoms with Crippen molar-refractivity contribution in [3.05, 3.63) is 34.9 Å². The Hall–Kier alpha value is -0.530. The van der Waals surface area contributed by atoms with E-state index in [2.05, 4.69) is 43.4 Å². The quantitative estimate of drug-likeness (QED) is 0.779. The Kier molecular flexibility index (Phi) is 4.10. The molecule has 0 radical (unpaired) electrons. The summed E-state index contributed by atoms with van der Waals surface area (Å²) in [5, 5.41) is 4.46. The van der Waals surface area contributed by atoms with Crippen molar-refractivity contribution in [3.63, 3.8) is 0 Å². The van der Waals surface area contributed by atoms with Gasteiger partial charge in [-0.25, -0.2) is 0 Å². The van der Waals surface area contributed by atoms with Crippen LogP contribution in [0.1, 0.15) is 51.0 Å². The summed E-state index contributed by atoms with van der Waals surface area (Å²) >= 11 is 6.06. The fraction of sp³-hybridized carbons (Fsp3) is 0.667. The van der Waals surface area contributed by atoms with Crippen LogP contribution in [0, 0.1) is 17.3 Å². The van der Waals surface area contributed by atoms with Gasteiger partial charge >= 0.3 is 0 Å². The highest BCUT2D eigenvalue weighted by molar-refractivity contribution is 6.30. The number of halogens is 1. The van der Waals surface area contributed by atoms with E-state index in [0.29, 0.717) is 11.3 Å². The van der Waals surface area contributed by atoms with Crippen molar-refractivity contribution in [2.45, 2.75) is 45.4 Å². The molecule has 1 heterocycles. The second kappa shape index (κ2) is 5.69. The first-order chi connectivity index (χ1) is 9.59. The van der Waals surface area contributed by atoms with E-state index in [4.69, 9.17) is 11.6 Å². The molecule has 2 aliphatic rings. The van der Waals surface area contributed by atoms with Gasteiger partial charge in [-0.2, -0.15) is 0 Å². The Morgan fingerprint density at radius 3 is 2.40 bits per heavy atom. The summed E-state index contributed by atoms with van der Waals surface area (Å²) in [7, 11) is 0. The zero-order chi connectivity index (χ0) is 14.2. The molecule has 1 aliphatic heterocycles. The third-order valence-corrected chi connectivity index (χ3v) is 5.73. The van der Waals surface area contributed by atoms with Crippen molar-refractivity contribution in [1.29, 1.82) is 0 Å². The van der Waals surface area contributed by atoms with Gasteiger partial charge in [0.1, 0.15) is 0 Å². The lowest BCUT2D eigenvalue weighted by Gasteiger charge is -2.51. The molecule has 0 bridgehead atoms. The van der Waals surface area contributed by atoms with E-state index in [9.17, 15) is 0 Å². The maximum atomic E-state index is 6.06. The van der Waals surface area contributed by atoms with Crippen LogP contribution in [-0.4, -0.2) is 13.1 Å². The fourth-order valence-corrected chi connectivity index (χ4v) is 5.08. The van der Waals surface area contributed by atoms with E-state index < -0.39 is 0 Å². The number of hydrogen-bond donors (Lipinski definition) is 1. The van der Waals surface area contributed by atoms with Gasteiger partial charge in [-0.05, 0) is 67.2 Å². The minimum absolute atomic E-state index is 0.510. The van der Waals surface area contributed by atoms with Crippen LogP contribution in [-0.2, 0) is 0 Å². The molecular weight excluding hydrogens is 266 g/mol. The largest absolute Gasteiger partial charge is 0.316 e. The Balaban J connectivity index is 1.92. The monoisotopic (exact) mass is 291 g/mol. The van der Waals surface area contributed by atoms with Crippen LogP contribution >= 0.6 is 11.6 Å². The maximum absolute atomic E-state index is 6.06. The summed E-state index contributed by atoms with van der Waals surface area (Å²) in [6.45, 7) is 7.20. The van der Waals surface area contributed by atoms with Crippen LogP contribution in [0.4, 0.5) is 0 Å². The topological polar surface area (TPSA) is 12.0 Å². The molecule has 110 valence electrons. The van der Waals surface area contributed by atoms with Gasteiger partial charge in [0.2, 0.25) is 0 Å². The lowest BCUT2D eigenvalue weighted by Crippen LogP contribution is -2.47. The van der Waals surface area contributed by atoms with Crippen molar-refractivity contribution in [1.82, 2.24) is 5.32 Å². The minimum Gasteiger partial charge on any atom is -0.316 e. The van der Waals surface area contributed by atoms with Crippen LogP contribution in [0.3, 0.4) is 0 Å². The highest BCUT2D eigenvalue weighted by Crippen LogP contribution is 2.53. The lowest BCUT2D eigenvalue weighted by atomic mass is 9.56. The molecule has 1 nitrogen and oxygen atoms in total. The Bertz CT molecular complexity index is 443. The predicted molar refractivity (Wildman–Crippen MR) is 86.3 cm³/mol. The zero-order valence-corrected chi connectivity index (χ0v) is 13.4. The predicted octanol–water partition coefficient (Wildman–Crippen LogP) is 4.86. The van der Waals surface area contributed by atoms with Gasteiger partial charge in [0.15, 0.2) is 0 Å². The van der Waals surface area contributed by atoms with Crippen molar-refractivity contribution in [2.24, 2.45) is 17.3 Å². The molecule has 1 spiro atoms. The Morgan fingerprint density at radius 1 is 1.10 bits per heavy atom. The second-order valence-corrected chi connectivity index (χ2v) is 7.71. The molecule has 2 heteroatoms. The Labute approximate surface area is 128 Å². The van der Waals surface area contributed by atoms with Gasteiger partial charge in [0, 0.05) is 17.5 Å². The summed E-state index contributed by atoms with van der Waals surface area (Å²) < 4.78 is 0. The smallest absolute Gasteiger partial charge is 0.0406 e. The standard InChI is InChI=1S/C18H26ClN/c1-13-9-14(2)11-18(10-13)7-8-20-12-17(18)15-3-5-16(19)6-4-15/h3-6,13-14,17,20H,7-12H2,1-2H3. The van der Waals surface area contributed by atoms with Gasteiger partial charge in [-0.1, -0.05) is 37.6 Å². The molecule has 1 N–H and O–H groups in total. The summed E-state index contributed by atoms with van der Waals surface area (Å²) in [4.78, 5) is 0. The molecule has 3 unspecified atom stereocenters. The molecule has 3 atom stereocenters. The average Bonchev–Trinajstić information content (AvgIpc) is 2.39. The normalized spacial score (nSPS) is 38.0. The molecule has 1 aliphatic carbocycles. The highest BCUT2D eigenvalue weighted by atomic mass is 35.5. The molecule has 0 amide bonds. The van der Waals surface area contributed by atoms with E-state index in [-0.39, 0.29) is 0 Å². The molecule has 1 aromatic carbocycles. The third-order valence-electron chi connectivity index (χ3n) is 5.47. The van der Waals surface area contributed by atoms with E-state index in [1.807, 2.05) is 0 Å². The SMILES string of the molecule is CC1CC(C)CC2(CCNCC2c2ccc(Cl)cc2)C1. The van der Waals surface area contributed by atoms with Gasteiger partial charge in [0.05, 0.1) is 0 Å². The lowest BCUT2D eigenvalue weighted by molar-refractivity contribution is 0.0472. The van der Waals surface area contributed by atoms with Crippen LogP contribution in [0.2, 0.25) is 5.02 Å². The summed E-state index contributed by atoms with van der Waals surface area (Å²) in [6, 6.07) is 8.58. The van der Waals surface area contributed by atoms with Crippen molar-refractivity contribution in [2.75, 3.05) is 13.1 Å². The number of piperidine rings is 1. The zero-order valence-electron chi connectivity index (χ0n) is 12.7. The molecule has 20 heavy (non-hydrogen) atoms. The molecule has 2 fully saturated rings. The molecular formula is C18H26ClN. The first kappa shape index (κ1) is 14.4. The van der Waals surface area contributed by atoms with Gasteiger partial charge in [-0.3, -0.25) is 0 Å². The van der Waals surface area contributed by atoms with Crippen molar-refractivity contribution < 1.29 is 0 Å². The summed E-state index contributed by atoms with van der Waals surface area (Å²) in [6.07, 6.45) is 5.52. The number of rotatable bonds is 1. The molecule has 3 rings (SSSR count). The van der Waals surface area contributed by atoms with Crippen molar-refractivity contribution in [3.8, 4) is 0 Å². The van der Waals surface area contributed by atoms with Gasteiger partial charge < -0.3 is 5.32 Å². The minimum atomic E-state index is 0.510. The summed E-state index contributed by atoms with van der Waals surface area (Å²) in [5.74, 6) is 2.39. The summed E-state index contributed by atoms with van der Waals surface area (Å²) in [5.41, 5.74) is 1.98. The fourth-order valence-electron chi connectivity index (χ4n) is 4.95. The maximum Gasteiger partial charge on any atom is 0.0406 e. The first-order valence-electron chi connectivity index (χ1n) is 8.05. The highest BCUT2D eigenvalue weighted by Gasteiger charge is 2.45. The number of benzene rings is 1. The Morgan fingerprint density at radius 2 is 1.75 bits per heavy atom. The molecule has 0 aromatic heterocycles. The van der Waals surface area contributed by atoms with Crippen LogP contribution < -0.4 is 5.32 Å². The van der Waals surface area contributed by atoms with E-state index in [1.165, 1.54) is 37.8 Å². The molecule has 1 saturated heterocycles. The van der Waals surface area contributed by atoms with Crippen LogP contribution in [0.15, 0.2) is 24.3 Å².